The first kappa shape index (κ1) is 10.7. The second-order valence-corrected chi connectivity index (χ2v) is 2.50. The highest BCUT2D eigenvalue weighted by molar-refractivity contribution is 5.80. The molecule has 3 nitrogen and oxygen atoms in total. The van der Waals surface area contributed by atoms with Gasteiger partial charge in [0.25, 0.3) is 0 Å². The summed E-state index contributed by atoms with van der Waals surface area (Å²) in [6, 6.07) is 1.88. The Hall–Kier alpha value is -1.30. The molecule has 0 spiro atoms. The van der Waals surface area contributed by atoms with Crippen molar-refractivity contribution in [2.75, 3.05) is 6.54 Å². The van der Waals surface area contributed by atoms with Crippen LogP contribution in [0.1, 0.15) is 20.3 Å². The zero-order valence-electron chi connectivity index (χ0n) is 7.50. The molecule has 1 N–H and O–H groups in total. The number of carbonyl (C=O) groups excluding carboxylic acids is 1. The van der Waals surface area contributed by atoms with E-state index >= 15 is 0 Å². The van der Waals surface area contributed by atoms with Gasteiger partial charge in [0.05, 0.1) is 6.07 Å². The Morgan fingerprint density at radius 1 is 1.75 bits per heavy atom. The standard InChI is InChI=1S/C9H14N2O/c1-3-4-5-6-11-9(12)8(2)7-10/h3-4,8H,5-6H2,1-2H3,(H,11,12)/b4-3+. The van der Waals surface area contributed by atoms with Gasteiger partial charge >= 0.3 is 0 Å². The van der Waals surface area contributed by atoms with Crippen LogP contribution in [0, 0.1) is 17.2 Å². The molecule has 1 unspecified atom stereocenters. The zero-order chi connectivity index (χ0) is 9.40. The Morgan fingerprint density at radius 2 is 2.42 bits per heavy atom. The first-order valence-corrected chi connectivity index (χ1v) is 4.00. The van der Waals surface area contributed by atoms with Crippen molar-refractivity contribution in [3.63, 3.8) is 0 Å². The largest absolute Gasteiger partial charge is 0.355 e. The third-order valence-electron chi connectivity index (χ3n) is 1.43. The van der Waals surface area contributed by atoms with Crippen molar-refractivity contribution in [1.29, 1.82) is 5.26 Å². The van der Waals surface area contributed by atoms with Crippen molar-refractivity contribution < 1.29 is 4.79 Å². The molecule has 12 heavy (non-hydrogen) atoms. The fourth-order valence-electron chi connectivity index (χ4n) is 0.657. The fraction of sp³-hybridized carbons (Fsp3) is 0.556. The molecule has 0 radical (unpaired) electrons. The highest BCUT2D eigenvalue weighted by atomic mass is 16.1. The number of amides is 1. The maximum atomic E-state index is 11.0. The molecule has 0 bridgehead atoms. The minimum atomic E-state index is -0.546. The molecule has 3 heteroatoms. The van der Waals surface area contributed by atoms with Crippen LogP contribution in [-0.4, -0.2) is 12.5 Å². The van der Waals surface area contributed by atoms with Gasteiger partial charge in [0.15, 0.2) is 0 Å². The fourth-order valence-corrected chi connectivity index (χ4v) is 0.657. The Kier molecular flexibility index (Phi) is 5.72. The van der Waals surface area contributed by atoms with Crippen molar-refractivity contribution in [2.24, 2.45) is 5.92 Å². The molecule has 0 aliphatic rings. The topological polar surface area (TPSA) is 52.9 Å². The van der Waals surface area contributed by atoms with Gasteiger partial charge in [-0.15, -0.1) is 0 Å². The number of hydrogen-bond donors (Lipinski definition) is 1. The third-order valence-corrected chi connectivity index (χ3v) is 1.43. The minimum Gasteiger partial charge on any atom is -0.355 e. The summed E-state index contributed by atoms with van der Waals surface area (Å²) in [5.74, 6) is -0.738. The predicted molar refractivity (Wildman–Crippen MR) is 47.2 cm³/mol. The van der Waals surface area contributed by atoms with E-state index in [2.05, 4.69) is 5.32 Å². The van der Waals surface area contributed by atoms with Crippen LogP contribution in [-0.2, 0) is 4.79 Å². The molecular weight excluding hydrogens is 152 g/mol. The molecule has 0 saturated carbocycles. The lowest BCUT2D eigenvalue weighted by Crippen LogP contribution is -2.28. The SMILES string of the molecule is C/C=C/CCNC(=O)C(C)C#N. The maximum absolute atomic E-state index is 11.0. The lowest BCUT2D eigenvalue weighted by Gasteiger charge is -2.03. The van der Waals surface area contributed by atoms with E-state index in [1.165, 1.54) is 0 Å². The Labute approximate surface area is 73.1 Å². The van der Waals surface area contributed by atoms with Crippen LogP contribution in [0.3, 0.4) is 0 Å². The van der Waals surface area contributed by atoms with Gasteiger partial charge in [0.2, 0.25) is 5.91 Å². The summed E-state index contributed by atoms with van der Waals surface area (Å²) in [7, 11) is 0. The predicted octanol–water partition coefficient (Wildman–Crippen LogP) is 1.23. The highest BCUT2D eigenvalue weighted by Crippen LogP contribution is 1.90. The first-order valence-electron chi connectivity index (χ1n) is 4.00. The van der Waals surface area contributed by atoms with E-state index < -0.39 is 5.92 Å². The van der Waals surface area contributed by atoms with Crippen molar-refractivity contribution in [3.8, 4) is 6.07 Å². The first-order chi connectivity index (χ1) is 5.72. The summed E-state index contributed by atoms with van der Waals surface area (Å²) < 4.78 is 0. The van der Waals surface area contributed by atoms with Crippen LogP contribution in [0.2, 0.25) is 0 Å². The average molecular weight is 166 g/mol. The van der Waals surface area contributed by atoms with Gasteiger partial charge in [-0.05, 0) is 20.3 Å². The normalized spacial score (nSPS) is 12.4. The lowest BCUT2D eigenvalue weighted by molar-refractivity contribution is -0.122. The summed E-state index contributed by atoms with van der Waals surface area (Å²) >= 11 is 0. The van der Waals surface area contributed by atoms with E-state index in [0.29, 0.717) is 6.54 Å². The quantitative estimate of drug-likeness (QED) is 0.504. The van der Waals surface area contributed by atoms with Crippen molar-refractivity contribution in [3.05, 3.63) is 12.2 Å². The number of nitriles is 1. The molecule has 0 aromatic rings. The second kappa shape index (κ2) is 6.41. The Bertz CT molecular complexity index is 203. The molecule has 0 aromatic carbocycles. The molecule has 0 aromatic heterocycles. The number of carbonyl (C=O) groups is 1. The van der Waals surface area contributed by atoms with Crippen LogP contribution in [0.15, 0.2) is 12.2 Å². The molecule has 0 aliphatic carbocycles. The van der Waals surface area contributed by atoms with Crippen LogP contribution in [0.4, 0.5) is 0 Å². The van der Waals surface area contributed by atoms with Crippen molar-refractivity contribution in [1.82, 2.24) is 5.32 Å². The van der Waals surface area contributed by atoms with Crippen LogP contribution in [0.5, 0.6) is 0 Å². The van der Waals surface area contributed by atoms with E-state index in [1.807, 2.05) is 25.1 Å². The van der Waals surface area contributed by atoms with E-state index in [4.69, 9.17) is 5.26 Å². The van der Waals surface area contributed by atoms with Crippen LogP contribution >= 0.6 is 0 Å². The van der Waals surface area contributed by atoms with E-state index in [-0.39, 0.29) is 5.91 Å². The van der Waals surface area contributed by atoms with Gasteiger partial charge in [0.1, 0.15) is 5.92 Å². The van der Waals surface area contributed by atoms with Crippen LogP contribution in [0.25, 0.3) is 0 Å². The summed E-state index contributed by atoms with van der Waals surface area (Å²) in [5.41, 5.74) is 0. The number of hydrogen-bond acceptors (Lipinski definition) is 2. The van der Waals surface area contributed by atoms with Gasteiger partial charge in [-0.2, -0.15) is 5.26 Å². The number of allylic oxidation sites excluding steroid dienone is 1. The van der Waals surface area contributed by atoms with E-state index in [0.717, 1.165) is 6.42 Å². The van der Waals surface area contributed by atoms with Crippen molar-refractivity contribution in [2.45, 2.75) is 20.3 Å². The summed E-state index contributed by atoms with van der Waals surface area (Å²) in [6.45, 7) is 4.12. The maximum Gasteiger partial charge on any atom is 0.237 e. The molecule has 0 fully saturated rings. The minimum absolute atomic E-state index is 0.193. The van der Waals surface area contributed by atoms with Gasteiger partial charge < -0.3 is 5.32 Å². The van der Waals surface area contributed by atoms with Gasteiger partial charge in [-0.1, -0.05) is 12.2 Å². The Morgan fingerprint density at radius 3 is 2.92 bits per heavy atom. The highest BCUT2D eigenvalue weighted by Gasteiger charge is 2.08. The molecular formula is C9H14N2O. The molecule has 1 amide bonds. The Balaban J connectivity index is 3.52. The number of rotatable bonds is 4. The second-order valence-electron chi connectivity index (χ2n) is 2.50. The lowest BCUT2D eigenvalue weighted by atomic mass is 10.2. The van der Waals surface area contributed by atoms with E-state index in [9.17, 15) is 4.79 Å². The number of nitrogens with zero attached hydrogens (tertiary/aromatic N) is 1. The molecule has 0 aliphatic heterocycles. The summed E-state index contributed by atoms with van der Waals surface area (Å²) in [4.78, 5) is 11.0. The van der Waals surface area contributed by atoms with Gasteiger partial charge in [-0.3, -0.25) is 4.79 Å². The molecule has 66 valence electrons. The van der Waals surface area contributed by atoms with Gasteiger partial charge in [0, 0.05) is 6.54 Å². The summed E-state index contributed by atoms with van der Waals surface area (Å²) in [5, 5.41) is 11.0. The van der Waals surface area contributed by atoms with Crippen LogP contribution < -0.4 is 5.32 Å². The molecule has 0 saturated heterocycles. The van der Waals surface area contributed by atoms with E-state index in [1.54, 1.807) is 6.92 Å². The third kappa shape index (κ3) is 4.51. The number of nitrogens with one attached hydrogen (secondary N) is 1. The average Bonchev–Trinajstić information content (AvgIpc) is 2.10. The van der Waals surface area contributed by atoms with Crippen molar-refractivity contribution >= 4 is 5.91 Å². The smallest absolute Gasteiger partial charge is 0.237 e. The monoisotopic (exact) mass is 166 g/mol. The molecule has 0 rings (SSSR count). The molecule has 1 atom stereocenters. The summed E-state index contributed by atoms with van der Waals surface area (Å²) in [6.07, 6.45) is 4.72. The zero-order valence-corrected chi connectivity index (χ0v) is 7.50. The molecule has 0 heterocycles. The van der Waals surface area contributed by atoms with Gasteiger partial charge in [-0.25, -0.2) is 0 Å².